The van der Waals surface area contributed by atoms with E-state index in [4.69, 9.17) is 5.73 Å². The molecule has 5 nitrogen and oxygen atoms in total. The molecule has 1 rings (SSSR count). The molecule has 0 radical (unpaired) electrons. The Kier molecular flexibility index (Phi) is 5.77. The number of nitrogens with two attached hydrogens (primary N) is 1. The van der Waals surface area contributed by atoms with Crippen molar-refractivity contribution in [3.63, 3.8) is 0 Å². The van der Waals surface area contributed by atoms with Crippen LogP contribution in [0.15, 0.2) is 24.3 Å². The van der Waals surface area contributed by atoms with E-state index in [-0.39, 0.29) is 12.4 Å². The van der Waals surface area contributed by atoms with Crippen LogP contribution in [0.3, 0.4) is 0 Å². The molecule has 0 spiro atoms. The summed E-state index contributed by atoms with van der Waals surface area (Å²) >= 11 is 0. The van der Waals surface area contributed by atoms with E-state index >= 15 is 0 Å². The number of methoxy groups -OCH3 is 1. The molecule has 0 saturated carbocycles. The van der Waals surface area contributed by atoms with Crippen molar-refractivity contribution in [3.8, 4) is 0 Å². The zero-order chi connectivity index (χ0) is 13.5. The zero-order valence-corrected chi connectivity index (χ0v) is 10.4. The summed E-state index contributed by atoms with van der Waals surface area (Å²) in [5.74, 6) is -0.343. The van der Waals surface area contributed by atoms with Gasteiger partial charge in [-0.05, 0) is 24.1 Å². The molecule has 0 saturated heterocycles. The van der Waals surface area contributed by atoms with Crippen LogP contribution < -0.4 is 5.73 Å². The quantitative estimate of drug-likeness (QED) is 0.627. The molecule has 18 heavy (non-hydrogen) atoms. The van der Waals surface area contributed by atoms with Gasteiger partial charge in [-0.3, -0.25) is 4.79 Å². The Labute approximate surface area is 106 Å². The minimum Gasteiger partial charge on any atom is -0.469 e. The van der Waals surface area contributed by atoms with Crippen molar-refractivity contribution in [2.75, 3.05) is 13.7 Å². The smallest absolute Gasteiger partial charge is 0.309 e. The normalized spacial score (nSPS) is 14.0. The second-order valence-corrected chi connectivity index (χ2v) is 4.09. The molecule has 2 atom stereocenters. The second-order valence-electron chi connectivity index (χ2n) is 4.09. The summed E-state index contributed by atoms with van der Waals surface area (Å²) < 4.78 is 4.57. The van der Waals surface area contributed by atoms with Crippen molar-refractivity contribution in [2.45, 2.75) is 25.0 Å². The summed E-state index contributed by atoms with van der Waals surface area (Å²) in [7, 11) is 1.33. The van der Waals surface area contributed by atoms with Gasteiger partial charge >= 0.3 is 5.97 Å². The van der Waals surface area contributed by atoms with Crippen LogP contribution >= 0.6 is 0 Å². The van der Waals surface area contributed by atoms with Crippen molar-refractivity contribution >= 4 is 5.97 Å². The standard InChI is InChI=1S/C13H19NO4/c1-18-12(16)8-9-3-2-4-10(7-9)13(17)11(15)5-6-14/h2-4,7,11,13,15,17H,5-6,8,14H2,1H3. The highest BCUT2D eigenvalue weighted by Crippen LogP contribution is 2.20. The van der Waals surface area contributed by atoms with Crippen molar-refractivity contribution < 1.29 is 19.7 Å². The minimum absolute atomic E-state index is 0.143. The molecule has 0 aliphatic rings. The van der Waals surface area contributed by atoms with Gasteiger partial charge in [0.25, 0.3) is 0 Å². The van der Waals surface area contributed by atoms with Gasteiger partial charge in [0.05, 0.1) is 19.6 Å². The SMILES string of the molecule is COC(=O)Cc1cccc(C(O)C(O)CCN)c1. The molecule has 0 bridgehead atoms. The molecule has 0 heterocycles. The molecule has 1 aromatic rings. The Hall–Kier alpha value is -1.43. The molecular formula is C13H19NO4. The molecular weight excluding hydrogens is 234 g/mol. The third-order valence-corrected chi connectivity index (χ3v) is 2.70. The summed E-state index contributed by atoms with van der Waals surface area (Å²) in [6.07, 6.45) is -1.43. The van der Waals surface area contributed by atoms with Gasteiger partial charge in [-0.25, -0.2) is 0 Å². The highest BCUT2D eigenvalue weighted by Gasteiger charge is 2.18. The number of esters is 1. The van der Waals surface area contributed by atoms with Crippen LogP contribution in [0, 0.1) is 0 Å². The van der Waals surface area contributed by atoms with E-state index < -0.39 is 12.2 Å². The van der Waals surface area contributed by atoms with E-state index in [9.17, 15) is 15.0 Å². The number of ether oxygens (including phenoxy) is 1. The first-order valence-corrected chi connectivity index (χ1v) is 5.80. The van der Waals surface area contributed by atoms with Crippen molar-refractivity contribution in [1.82, 2.24) is 0 Å². The molecule has 100 valence electrons. The Morgan fingerprint density at radius 1 is 1.44 bits per heavy atom. The molecule has 0 aromatic heterocycles. The maximum atomic E-state index is 11.1. The topological polar surface area (TPSA) is 92.8 Å². The average molecular weight is 253 g/mol. The zero-order valence-electron chi connectivity index (χ0n) is 10.4. The van der Waals surface area contributed by atoms with E-state index in [0.717, 1.165) is 5.56 Å². The van der Waals surface area contributed by atoms with Crippen LogP contribution in [0.2, 0.25) is 0 Å². The van der Waals surface area contributed by atoms with Crippen LogP contribution in [-0.4, -0.2) is 35.9 Å². The summed E-state index contributed by atoms with van der Waals surface area (Å²) in [6.45, 7) is 0.306. The fourth-order valence-corrected chi connectivity index (χ4v) is 1.68. The maximum Gasteiger partial charge on any atom is 0.309 e. The number of aliphatic hydroxyl groups excluding tert-OH is 2. The highest BCUT2D eigenvalue weighted by atomic mass is 16.5. The Morgan fingerprint density at radius 2 is 2.17 bits per heavy atom. The number of benzene rings is 1. The molecule has 1 aromatic carbocycles. The molecule has 4 N–H and O–H groups in total. The van der Waals surface area contributed by atoms with Gasteiger partial charge in [-0.1, -0.05) is 24.3 Å². The van der Waals surface area contributed by atoms with Crippen LogP contribution in [0.1, 0.15) is 23.7 Å². The number of hydrogen-bond acceptors (Lipinski definition) is 5. The van der Waals surface area contributed by atoms with Gasteiger partial charge in [0.2, 0.25) is 0 Å². The molecule has 0 amide bonds. The van der Waals surface area contributed by atoms with E-state index in [1.54, 1.807) is 24.3 Å². The van der Waals surface area contributed by atoms with Gasteiger partial charge < -0.3 is 20.7 Å². The molecule has 5 heteroatoms. The van der Waals surface area contributed by atoms with Gasteiger partial charge in [0.1, 0.15) is 6.10 Å². The maximum absolute atomic E-state index is 11.1. The van der Waals surface area contributed by atoms with Crippen LogP contribution in [0.25, 0.3) is 0 Å². The third-order valence-electron chi connectivity index (χ3n) is 2.70. The van der Waals surface area contributed by atoms with Crippen molar-refractivity contribution in [1.29, 1.82) is 0 Å². The predicted octanol–water partition coefficient (Wildman–Crippen LogP) is 0.145. The van der Waals surface area contributed by atoms with Crippen LogP contribution in [0.4, 0.5) is 0 Å². The first kappa shape index (κ1) is 14.6. The largest absolute Gasteiger partial charge is 0.469 e. The van der Waals surface area contributed by atoms with Crippen molar-refractivity contribution in [2.24, 2.45) is 5.73 Å². The summed E-state index contributed by atoms with van der Waals surface area (Å²) in [5.41, 5.74) is 6.63. The number of carbonyl (C=O) groups is 1. The fourth-order valence-electron chi connectivity index (χ4n) is 1.68. The lowest BCUT2D eigenvalue weighted by atomic mass is 9.99. The first-order valence-electron chi connectivity index (χ1n) is 5.80. The van der Waals surface area contributed by atoms with E-state index in [0.29, 0.717) is 18.5 Å². The number of rotatable bonds is 6. The van der Waals surface area contributed by atoms with Gasteiger partial charge in [-0.2, -0.15) is 0 Å². The van der Waals surface area contributed by atoms with Gasteiger partial charge in [0, 0.05) is 0 Å². The lowest BCUT2D eigenvalue weighted by Gasteiger charge is -2.18. The summed E-state index contributed by atoms with van der Waals surface area (Å²) in [5, 5.41) is 19.6. The van der Waals surface area contributed by atoms with Gasteiger partial charge in [0.15, 0.2) is 0 Å². The number of aliphatic hydroxyl groups is 2. The Bertz CT molecular complexity index is 394. The summed E-state index contributed by atoms with van der Waals surface area (Å²) in [4.78, 5) is 11.1. The van der Waals surface area contributed by atoms with E-state index in [1.165, 1.54) is 7.11 Å². The Balaban J connectivity index is 2.77. The molecule has 0 aliphatic carbocycles. The van der Waals surface area contributed by atoms with E-state index in [2.05, 4.69) is 4.74 Å². The molecule has 2 unspecified atom stereocenters. The predicted molar refractivity (Wildman–Crippen MR) is 66.8 cm³/mol. The minimum atomic E-state index is -0.994. The fraction of sp³-hybridized carbons (Fsp3) is 0.462. The number of hydrogen-bond donors (Lipinski definition) is 3. The third kappa shape index (κ3) is 4.10. The highest BCUT2D eigenvalue weighted by molar-refractivity contribution is 5.72. The average Bonchev–Trinajstić information content (AvgIpc) is 2.38. The lowest BCUT2D eigenvalue weighted by Crippen LogP contribution is -2.21. The lowest BCUT2D eigenvalue weighted by molar-refractivity contribution is -0.139. The second kappa shape index (κ2) is 7.10. The van der Waals surface area contributed by atoms with Crippen LogP contribution in [0.5, 0.6) is 0 Å². The number of carbonyl (C=O) groups excluding carboxylic acids is 1. The summed E-state index contributed by atoms with van der Waals surface area (Å²) in [6, 6.07) is 6.88. The Morgan fingerprint density at radius 3 is 2.78 bits per heavy atom. The van der Waals surface area contributed by atoms with Gasteiger partial charge in [-0.15, -0.1) is 0 Å². The molecule has 0 fully saturated rings. The molecule has 0 aliphatic heterocycles. The van der Waals surface area contributed by atoms with Crippen LogP contribution in [-0.2, 0) is 16.0 Å². The van der Waals surface area contributed by atoms with E-state index in [1.807, 2.05) is 0 Å². The monoisotopic (exact) mass is 253 g/mol. The first-order chi connectivity index (χ1) is 8.58. The van der Waals surface area contributed by atoms with Crippen molar-refractivity contribution in [3.05, 3.63) is 35.4 Å².